The summed E-state index contributed by atoms with van der Waals surface area (Å²) in [6.07, 6.45) is 3.26. The summed E-state index contributed by atoms with van der Waals surface area (Å²) >= 11 is 1.74. The fourth-order valence-electron chi connectivity index (χ4n) is 10.8. The van der Waals surface area contributed by atoms with Gasteiger partial charge in [-0.3, -0.25) is 24.1 Å². The highest BCUT2D eigenvalue weighted by Gasteiger charge is 2.43. The second kappa shape index (κ2) is 19.9. The molecule has 0 radical (unpaired) electrons. The molecule has 5 fully saturated rings. The summed E-state index contributed by atoms with van der Waals surface area (Å²) < 4.78 is 41.7. The normalized spacial score (nSPS) is 22.1. The highest BCUT2D eigenvalue weighted by molar-refractivity contribution is 14.1. The number of nitrogens with zero attached hydrogens (tertiary/aromatic N) is 11. The van der Waals surface area contributed by atoms with E-state index >= 15 is 0 Å². The van der Waals surface area contributed by atoms with E-state index in [2.05, 4.69) is 24.6 Å². The number of benzene rings is 1. The first kappa shape index (κ1) is 47.0. The van der Waals surface area contributed by atoms with E-state index in [4.69, 9.17) is 10.2 Å². The van der Waals surface area contributed by atoms with Crippen LogP contribution in [0.5, 0.6) is 0 Å². The Morgan fingerprint density at radius 1 is 0.791 bits per heavy atom. The van der Waals surface area contributed by atoms with E-state index in [0.29, 0.717) is 67.0 Å². The first-order valence-electron chi connectivity index (χ1n) is 23.6. The van der Waals surface area contributed by atoms with Crippen molar-refractivity contribution in [2.75, 3.05) is 105 Å². The second-order valence-corrected chi connectivity index (χ2v) is 20.0. The van der Waals surface area contributed by atoms with E-state index in [-0.39, 0.29) is 42.5 Å². The van der Waals surface area contributed by atoms with Crippen LogP contribution in [-0.2, 0) is 27.1 Å². The molecule has 0 aliphatic carbocycles. The fraction of sp³-hybridized carbons (Fsp3) is 0.562. The maximum absolute atomic E-state index is 13.5. The Balaban J connectivity index is 0.665. The maximum atomic E-state index is 13.5. The van der Waals surface area contributed by atoms with Crippen LogP contribution in [0.3, 0.4) is 0 Å². The molecule has 0 N–H and O–H groups in total. The molecule has 19 heteroatoms. The number of aromatic nitrogens is 2. The Bertz CT molecular complexity index is 2370. The van der Waals surface area contributed by atoms with Crippen LogP contribution in [0.1, 0.15) is 78.5 Å². The number of imide groups is 1. The van der Waals surface area contributed by atoms with Crippen LogP contribution in [0.15, 0.2) is 48.7 Å². The molecule has 6 aliphatic rings. The lowest BCUT2D eigenvalue weighted by Gasteiger charge is -2.41. The van der Waals surface area contributed by atoms with Gasteiger partial charge in [-0.2, -0.15) is 18.4 Å². The molecule has 1 atom stereocenters. The Labute approximate surface area is 403 Å². The first-order chi connectivity index (χ1) is 32.2. The molecule has 67 heavy (non-hydrogen) atoms. The molecule has 5 saturated heterocycles. The van der Waals surface area contributed by atoms with Crippen molar-refractivity contribution in [3.05, 3.63) is 71.0 Å². The lowest BCUT2D eigenvalue weighted by atomic mass is 9.94. The van der Waals surface area contributed by atoms with E-state index in [0.717, 1.165) is 112 Å². The zero-order valence-electron chi connectivity index (χ0n) is 37.8. The van der Waals surface area contributed by atoms with Gasteiger partial charge in [0.25, 0.3) is 11.8 Å². The molecule has 0 bridgehead atoms. The molecular weight excluding hydrogens is 978 g/mol. The van der Waals surface area contributed by atoms with Gasteiger partial charge in [0.15, 0.2) is 0 Å². The van der Waals surface area contributed by atoms with Gasteiger partial charge < -0.3 is 29.4 Å². The minimum Gasteiger partial charge on any atom is -0.371 e. The number of alkyl halides is 3. The van der Waals surface area contributed by atoms with Crippen molar-refractivity contribution in [1.82, 2.24) is 27.8 Å². The topological polar surface area (TPSA) is 144 Å². The zero-order valence-corrected chi connectivity index (χ0v) is 40.0. The van der Waals surface area contributed by atoms with E-state index in [1.54, 1.807) is 51.8 Å². The molecule has 8 heterocycles. The highest BCUT2D eigenvalue weighted by Crippen LogP contribution is 2.37. The molecule has 2 aromatic heterocycles. The number of hydrogen-bond donors (Lipinski definition) is 0. The smallest absolute Gasteiger partial charge is 0.371 e. The fourth-order valence-corrected chi connectivity index (χ4v) is 11.4. The standard InChI is InChI=1S/C48H57F3IN11O4/c1-56(45(65)34-14-20-59(21-15-34)36-3-2-35(27-53)39(26-36)48(49,50)51)42-7-4-37(28-54-42)60-16-10-32(11-17-60)29-57-22-24-58(25-23-57)30-33-12-18-61(19-13-33)43-8-5-38-40(55-43)31-62(46(38)66)41-6-9-44(64)63(52)47(41)67/h2-5,7-8,26,28,32-34,41H,6,9-25,29-31H2,1H3. The summed E-state index contributed by atoms with van der Waals surface area (Å²) in [4.78, 5) is 76.1. The zero-order chi connectivity index (χ0) is 47.0. The third kappa shape index (κ3) is 10.2. The van der Waals surface area contributed by atoms with Crippen molar-refractivity contribution in [3.63, 3.8) is 0 Å². The van der Waals surface area contributed by atoms with Gasteiger partial charge in [0.1, 0.15) is 17.7 Å². The van der Waals surface area contributed by atoms with Gasteiger partial charge >= 0.3 is 6.18 Å². The van der Waals surface area contributed by atoms with Gasteiger partial charge in [0.05, 0.1) is 69.7 Å². The first-order valence-corrected chi connectivity index (χ1v) is 24.6. The number of hydrogen-bond acceptors (Lipinski definition) is 12. The van der Waals surface area contributed by atoms with E-state index in [1.807, 2.05) is 35.4 Å². The van der Waals surface area contributed by atoms with Gasteiger partial charge in [0.2, 0.25) is 11.8 Å². The molecule has 4 amide bonds. The number of amides is 4. The Morgan fingerprint density at radius 2 is 1.39 bits per heavy atom. The van der Waals surface area contributed by atoms with Crippen LogP contribution in [-0.4, -0.2) is 143 Å². The summed E-state index contributed by atoms with van der Waals surface area (Å²) in [6, 6.07) is 12.5. The lowest BCUT2D eigenvalue weighted by molar-refractivity contribution is -0.143. The molecule has 0 spiro atoms. The summed E-state index contributed by atoms with van der Waals surface area (Å²) in [5.74, 6) is 1.67. The Kier molecular flexibility index (Phi) is 13.9. The van der Waals surface area contributed by atoms with Gasteiger partial charge in [-0.05, 0) is 99.2 Å². The predicted octanol–water partition coefficient (Wildman–Crippen LogP) is 5.82. The summed E-state index contributed by atoms with van der Waals surface area (Å²) in [6.45, 7) is 11.5. The van der Waals surface area contributed by atoms with Crippen molar-refractivity contribution in [2.45, 2.75) is 70.1 Å². The number of piperazine rings is 1. The van der Waals surface area contributed by atoms with Crippen LogP contribution in [0.2, 0.25) is 0 Å². The maximum Gasteiger partial charge on any atom is 0.417 e. The van der Waals surface area contributed by atoms with Crippen molar-refractivity contribution < 1.29 is 32.3 Å². The number of halogens is 4. The molecule has 3 aromatic rings. The van der Waals surface area contributed by atoms with Gasteiger partial charge in [0, 0.05) is 104 Å². The molecule has 0 saturated carbocycles. The van der Waals surface area contributed by atoms with E-state index in [9.17, 15) is 32.3 Å². The van der Waals surface area contributed by atoms with Crippen LogP contribution in [0, 0.1) is 29.1 Å². The Hall–Kier alpha value is -5.07. The average Bonchev–Trinajstić information content (AvgIpc) is 3.68. The van der Waals surface area contributed by atoms with Crippen molar-refractivity contribution in [1.29, 1.82) is 5.26 Å². The van der Waals surface area contributed by atoms with Crippen LogP contribution in [0.4, 0.5) is 36.2 Å². The molecule has 15 nitrogen and oxygen atoms in total. The average molecular weight is 1040 g/mol. The second-order valence-electron chi connectivity index (χ2n) is 19.0. The van der Waals surface area contributed by atoms with Gasteiger partial charge in [-0.15, -0.1) is 0 Å². The Morgan fingerprint density at radius 3 is 1.99 bits per heavy atom. The molecule has 9 rings (SSSR count). The predicted molar refractivity (Wildman–Crippen MR) is 255 cm³/mol. The van der Waals surface area contributed by atoms with Gasteiger partial charge in [-0.25, -0.2) is 13.1 Å². The minimum atomic E-state index is -4.62. The van der Waals surface area contributed by atoms with Crippen LogP contribution in [0.25, 0.3) is 0 Å². The number of rotatable bonds is 10. The number of carbonyl (C=O) groups is 4. The summed E-state index contributed by atoms with van der Waals surface area (Å²) in [7, 11) is 1.73. The monoisotopic (exact) mass is 1040 g/mol. The molecular formula is C48H57F3IN11O4. The third-order valence-corrected chi connectivity index (χ3v) is 16.0. The quantitative estimate of drug-likeness (QED) is 0.137. The van der Waals surface area contributed by atoms with E-state index in [1.165, 1.54) is 6.07 Å². The van der Waals surface area contributed by atoms with Crippen molar-refractivity contribution in [3.8, 4) is 6.07 Å². The number of piperidine rings is 4. The molecule has 6 aliphatic heterocycles. The number of carbonyl (C=O) groups excluding carboxylic acids is 4. The summed E-state index contributed by atoms with van der Waals surface area (Å²) in [5, 5.41) is 9.14. The molecule has 1 unspecified atom stereocenters. The third-order valence-electron chi connectivity index (χ3n) is 14.9. The van der Waals surface area contributed by atoms with Crippen molar-refractivity contribution >= 4 is 69.5 Å². The number of pyridine rings is 2. The minimum absolute atomic E-state index is 0.0527. The van der Waals surface area contributed by atoms with Crippen LogP contribution >= 0.6 is 22.9 Å². The lowest BCUT2D eigenvalue weighted by Crippen LogP contribution is -2.51. The number of nitriles is 1. The molecule has 356 valence electrons. The van der Waals surface area contributed by atoms with Crippen LogP contribution < -0.4 is 19.6 Å². The number of anilines is 4. The number of fused-ring (bicyclic) bond motifs is 1. The molecule has 1 aromatic carbocycles. The van der Waals surface area contributed by atoms with Gasteiger partial charge in [-0.1, -0.05) is 0 Å². The highest BCUT2D eigenvalue weighted by atomic mass is 127. The SMILES string of the molecule is CN(C(=O)C1CCN(c2ccc(C#N)c(C(F)(F)F)c2)CC1)c1ccc(N2CCC(CN3CCN(CC4CCN(c5ccc6c(n5)CN(C5CCC(=O)N(I)C5=O)C6=O)CC4)CC3)CC2)cn1. The largest absolute Gasteiger partial charge is 0.417 e. The van der Waals surface area contributed by atoms with Crippen molar-refractivity contribution in [2.24, 2.45) is 17.8 Å². The van der Waals surface area contributed by atoms with E-state index < -0.39 is 23.3 Å². The summed E-state index contributed by atoms with van der Waals surface area (Å²) in [5.41, 5.74) is 1.36.